The predicted octanol–water partition coefficient (Wildman–Crippen LogP) is 1.92. The molecule has 0 saturated carbocycles. The van der Waals surface area contributed by atoms with Gasteiger partial charge < -0.3 is 14.6 Å². The summed E-state index contributed by atoms with van der Waals surface area (Å²) in [5, 5.41) is 7.30. The van der Waals surface area contributed by atoms with Gasteiger partial charge in [0, 0.05) is 31.7 Å². The van der Waals surface area contributed by atoms with Crippen LogP contribution in [-0.4, -0.2) is 23.4 Å². The molecule has 2 aromatic rings. The average molecular weight is 259 g/mol. The van der Waals surface area contributed by atoms with E-state index in [0.29, 0.717) is 31.3 Å². The van der Waals surface area contributed by atoms with Crippen LogP contribution in [-0.2, 0) is 24.2 Å². The van der Waals surface area contributed by atoms with Crippen molar-refractivity contribution in [1.82, 2.24) is 15.5 Å². The van der Waals surface area contributed by atoms with Gasteiger partial charge in [-0.25, -0.2) is 0 Å². The highest BCUT2D eigenvalue weighted by molar-refractivity contribution is 5.56. The van der Waals surface area contributed by atoms with Gasteiger partial charge in [0.2, 0.25) is 0 Å². The van der Waals surface area contributed by atoms with Crippen LogP contribution >= 0.6 is 0 Å². The van der Waals surface area contributed by atoms with Crippen LogP contribution in [0.1, 0.15) is 23.9 Å². The number of fused-ring (bicyclic) bond motifs is 1. The Hall–Kier alpha value is -1.72. The zero-order valence-corrected chi connectivity index (χ0v) is 11.0. The van der Waals surface area contributed by atoms with Crippen molar-refractivity contribution in [3.8, 4) is 11.5 Å². The molecule has 0 saturated heterocycles. The van der Waals surface area contributed by atoms with E-state index in [-0.39, 0.29) is 0 Å². The molecule has 1 aliphatic heterocycles. The van der Waals surface area contributed by atoms with E-state index in [2.05, 4.69) is 27.6 Å². The first kappa shape index (κ1) is 12.3. The fraction of sp³-hybridized carbons (Fsp3) is 0.429. The molecular weight excluding hydrogens is 242 g/mol. The average Bonchev–Trinajstić information content (AvgIpc) is 3.06. The summed E-state index contributed by atoms with van der Waals surface area (Å²) in [6, 6.07) is 6.27. The third kappa shape index (κ3) is 2.67. The Morgan fingerprint density at radius 3 is 3.11 bits per heavy atom. The molecule has 19 heavy (non-hydrogen) atoms. The van der Waals surface area contributed by atoms with Gasteiger partial charge in [-0.1, -0.05) is 11.2 Å². The molecule has 1 aromatic carbocycles. The molecule has 0 unspecified atom stereocenters. The molecule has 0 bridgehead atoms. The second-order valence-electron chi connectivity index (χ2n) is 4.55. The third-order valence-electron chi connectivity index (χ3n) is 3.23. The molecule has 100 valence electrons. The van der Waals surface area contributed by atoms with Crippen LogP contribution in [0, 0.1) is 0 Å². The van der Waals surface area contributed by atoms with Gasteiger partial charge >= 0.3 is 0 Å². The SMILES string of the molecule is CCOCCc1noc(-c2ccc3c(c2)CNC3)n1. The molecule has 0 amide bonds. The van der Waals surface area contributed by atoms with Gasteiger partial charge in [0.25, 0.3) is 5.89 Å². The van der Waals surface area contributed by atoms with Crippen molar-refractivity contribution in [3.05, 3.63) is 35.2 Å². The lowest BCUT2D eigenvalue weighted by Gasteiger charge is -1.99. The maximum absolute atomic E-state index is 5.30. The van der Waals surface area contributed by atoms with Gasteiger partial charge in [-0.15, -0.1) is 0 Å². The topological polar surface area (TPSA) is 60.2 Å². The van der Waals surface area contributed by atoms with Crippen molar-refractivity contribution in [2.45, 2.75) is 26.4 Å². The summed E-state index contributed by atoms with van der Waals surface area (Å²) in [5.74, 6) is 1.28. The largest absolute Gasteiger partial charge is 0.381 e. The van der Waals surface area contributed by atoms with Crippen molar-refractivity contribution in [2.24, 2.45) is 0 Å². The van der Waals surface area contributed by atoms with Gasteiger partial charge in [-0.05, 0) is 30.2 Å². The lowest BCUT2D eigenvalue weighted by molar-refractivity contribution is 0.149. The van der Waals surface area contributed by atoms with Crippen molar-refractivity contribution in [1.29, 1.82) is 0 Å². The minimum absolute atomic E-state index is 0.584. The Bertz CT molecular complexity index is 566. The van der Waals surface area contributed by atoms with Gasteiger partial charge in [0.15, 0.2) is 5.82 Å². The Morgan fingerprint density at radius 1 is 1.32 bits per heavy atom. The number of ether oxygens (including phenoxy) is 1. The highest BCUT2D eigenvalue weighted by atomic mass is 16.5. The summed E-state index contributed by atoms with van der Waals surface area (Å²) in [7, 11) is 0. The van der Waals surface area contributed by atoms with Crippen molar-refractivity contribution >= 4 is 0 Å². The molecular formula is C14H17N3O2. The maximum atomic E-state index is 5.30. The monoisotopic (exact) mass is 259 g/mol. The van der Waals surface area contributed by atoms with Gasteiger partial charge in [-0.2, -0.15) is 4.98 Å². The van der Waals surface area contributed by atoms with E-state index in [4.69, 9.17) is 9.26 Å². The molecule has 3 rings (SSSR count). The van der Waals surface area contributed by atoms with E-state index in [9.17, 15) is 0 Å². The lowest BCUT2D eigenvalue weighted by Crippen LogP contribution is -1.99. The quantitative estimate of drug-likeness (QED) is 0.831. The van der Waals surface area contributed by atoms with Crippen LogP contribution in [0.25, 0.3) is 11.5 Å². The van der Waals surface area contributed by atoms with Gasteiger partial charge in [0.05, 0.1) is 6.61 Å². The molecule has 5 nitrogen and oxygen atoms in total. The molecule has 5 heteroatoms. The first-order chi connectivity index (χ1) is 9.36. The standard InChI is InChI=1S/C14H17N3O2/c1-2-18-6-5-13-16-14(19-17-13)10-3-4-11-8-15-9-12(11)7-10/h3-4,7,15H,2,5-6,8-9H2,1H3. The van der Waals surface area contributed by atoms with Crippen LogP contribution in [0.4, 0.5) is 0 Å². The second-order valence-corrected chi connectivity index (χ2v) is 4.55. The smallest absolute Gasteiger partial charge is 0.257 e. The normalized spacial score (nSPS) is 13.7. The van der Waals surface area contributed by atoms with E-state index in [1.807, 2.05) is 13.0 Å². The van der Waals surface area contributed by atoms with Crippen LogP contribution in [0.2, 0.25) is 0 Å². The number of rotatable bonds is 5. The van der Waals surface area contributed by atoms with Crippen LogP contribution in [0.15, 0.2) is 22.7 Å². The number of benzene rings is 1. The van der Waals surface area contributed by atoms with Crippen molar-refractivity contribution in [2.75, 3.05) is 13.2 Å². The number of hydrogen-bond donors (Lipinski definition) is 1. The molecule has 1 N–H and O–H groups in total. The van der Waals surface area contributed by atoms with E-state index >= 15 is 0 Å². The zero-order valence-electron chi connectivity index (χ0n) is 11.0. The zero-order chi connectivity index (χ0) is 13.1. The summed E-state index contributed by atoms with van der Waals surface area (Å²) in [6.45, 7) is 5.17. The summed E-state index contributed by atoms with van der Waals surface area (Å²) in [5.41, 5.74) is 3.64. The van der Waals surface area contributed by atoms with Crippen LogP contribution < -0.4 is 5.32 Å². The first-order valence-electron chi connectivity index (χ1n) is 6.60. The maximum Gasteiger partial charge on any atom is 0.257 e. The third-order valence-corrected chi connectivity index (χ3v) is 3.23. The van der Waals surface area contributed by atoms with Gasteiger partial charge in [0.1, 0.15) is 0 Å². The minimum Gasteiger partial charge on any atom is -0.381 e. The Labute approximate surface area is 112 Å². The summed E-state index contributed by atoms with van der Waals surface area (Å²) >= 11 is 0. The molecule has 0 aliphatic carbocycles. The Morgan fingerprint density at radius 2 is 2.21 bits per heavy atom. The number of nitrogens with zero attached hydrogens (tertiary/aromatic N) is 2. The molecule has 0 atom stereocenters. The summed E-state index contributed by atoms with van der Waals surface area (Å²) in [4.78, 5) is 4.40. The van der Waals surface area contributed by atoms with E-state index in [0.717, 1.165) is 18.7 Å². The highest BCUT2D eigenvalue weighted by Crippen LogP contribution is 2.23. The summed E-state index contributed by atoms with van der Waals surface area (Å²) < 4.78 is 10.6. The molecule has 1 aromatic heterocycles. The fourth-order valence-corrected chi connectivity index (χ4v) is 2.21. The molecule has 1 aliphatic rings. The van der Waals surface area contributed by atoms with Gasteiger partial charge in [-0.3, -0.25) is 0 Å². The predicted molar refractivity (Wildman–Crippen MR) is 70.5 cm³/mol. The van der Waals surface area contributed by atoms with E-state index < -0.39 is 0 Å². The summed E-state index contributed by atoms with van der Waals surface area (Å²) in [6.07, 6.45) is 0.684. The second kappa shape index (κ2) is 5.50. The molecule has 0 fully saturated rings. The number of aromatic nitrogens is 2. The highest BCUT2D eigenvalue weighted by Gasteiger charge is 2.14. The molecule has 0 radical (unpaired) electrons. The van der Waals surface area contributed by atoms with Crippen LogP contribution in [0.5, 0.6) is 0 Å². The molecule has 0 spiro atoms. The van der Waals surface area contributed by atoms with Crippen molar-refractivity contribution in [3.63, 3.8) is 0 Å². The van der Waals surface area contributed by atoms with Crippen LogP contribution in [0.3, 0.4) is 0 Å². The fourth-order valence-electron chi connectivity index (χ4n) is 2.21. The van der Waals surface area contributed by atoms with E-state index in [1.165, 1.54) is 11.1 Å². The Balaban J connectivity index is 1.75. The number of nitrogens with one attached hydrogen (secondary N) is 1. The minimum atomic E-state index is 0.584. The lowest BCUT2D eigenvalue weighted by atomic mass is 10.1. The molecule has 2 heterocycles. The first-order valence-corrected chi connectivity index (χ1v) is 6.60. The number of hydrogen-bond acceptors (Lipinski definition) is 5. The van der Waals surface area contributed by atoms with Crippen molar-refractivity contribution < 1.29 is 9.26 Å². The Kier molecular flexibility index (Phi) is 3.57. The van der Waals surface area contributed by atoms with E-state index in [1.54, 1.807) is 0 Å².